The zero-order valence-corrected chi connectivity index (χ0v) is 6.33. The van der Waals surface area contributed by atoms with Gasteiger partial charge in [-0.05, 0) is 0 Å². The lowest BCUT2D eigenvalue weighted by molar-refractivity contribution is -0.145. The monoisotopic (exact) mass is 190 g/mol. The maximum Gasteiger partial charge on any atom is 0.731 e. The molecule has 0 aromatic heterocycles. The van der Waals surface area contributed by atoms with Crippen molar-refractivity contribution in [1.29, 1.82) is 0 Å². The van der Waals surface area contributed by atoms with Crippen LogP contribution in [0.4, 0.5) is 0 Å². The third-order valence-electron chi connectivity index (χ3n) is 0.388. The smallest absolute Gasteiger partial charge is 0.202 e. The van der Waals surface area contributed by atoms with Crippen LogP contribution in [-0.2, 0) is 22.9 Å². The summed E-state index contributed by atoms with van der Waals surface area (Å²) >= 11 is 0. The minimum absolute atomic E-state index is 0.679. The van der Waals surface area contributed by atoms with E-state index in [0.717, 1.165) is 0 Å². The normalized spacial score (nSPS) is 13.0. The van der Waals surface area contributed by atoms with Crippen molar-refractivity contribution >= 4 is 16.5 Å². The predicted octanol–water partition coefficient (Wildman–Crippen LogP) is 0.774. The Bertz CT molecular complexity index is 132. The lowest BCUT2D eigenvalue weighted by atomic mass is 11.6. The molecule has 2 unspecified atom stereocenters. The molecule has 0 saturated heterocycles. The molecule has 0 aliphatic heterocycles. The van der Waals surface area contributed by atoms with Crippen LogP contribution in [0, 0.1) is 0 Å². The highest BCUT2D eigenvalue weighted by atomic mass is 31.1. The van der Waals surface area contributed by atoms with Crippen LogP contribution >= 0.6 is 16.5 Å². The molecule has 0 aromatic carbocycles. The minimum Gasteiger partial charge on any atom is -0.202 e. The van der Waals surface area contributed by atoms with Crippen LogP contribution in [0.3, 0.4) is 0 Å². The van der Waals surface area contributed by atoms with Crippen LogP contribution in [0.15, 0.2) is 0 Å². The molecule has 10 heavy (non-hydrogen) atoms. The van der Waals surface area contributed by atoms with Gasteiger partial charge in [0, 0.05) is 9.13 Å². The van der Waals surface area contributed by atoms with Gasteiger partial charge in [0.2, 0.25) is 0 Å². The van der Waals surface area contributed by atoms with Gasteiger partial charge < -0.3 is 0 Å². The second kappa shape index (κ2) is 5.76. The zero-order valence-electron chi connectivity index (χ0n) is 4.54. The Balaban J connectivity index is 3.20. The molecule has 0 aromatic rings. The molecule has 2 N–H and O–H groups in total. The first-order chi connectivity index (χ1) is 4.66. The molecule has 0 saturated carbocycles. The first-order valence-corrected chi connectivity index (χ1v) is 4.10. The first kappa shape index (κ1) is 10.0. The molecule has 7 nitrogen and oxygen atoms in total. The molecule has 0 aliphatic carbocycles. The molecular formula is CH4O7P2+2. The fraction of sp³-hybridized carbons (Fsp3) is 1.00. The minimum atomic E-state index is -2.78. The summed E-state index contributed by atoms with van der Waals surface area (Å²) in [5.74, 6) is 0. The molecule has 0 aliphatic rings. The average Bonchev–Trinajstić information content (AvgIpc) is 1.87. The van der Waals surface area contributed by atoms with Crippen LogP contribution < -0.4 is 0 Å². The van der Waals surface area contributed by atoms with Gasteiger partial charge in [0.05, 0.1) is 4.67 Å². The van der Waals surface area contributed by atoms with Crippen molar-refractivity contribution in [3.05, 3.63) is 0 Å². The van der Waals surface area contributed by atoms with Gasteiger partial charge in [-0.1, -0.05) is 9.05 Å². The Labute approximate surface area is 57.4 Å². The molecular weight excluding hydrogens is 186 g/mol. The molecule has 58 valence electrons. The summed E-state index contributed by atoms with van der Waals surface area (Å²) in [4.78, 5) is 7.95. The van der Waals surface area contributed by atoms with E-state index >= 15 is 0 Å². The van der Waals surface area contributed by atoms with Crippen LogP contribution in [0.2, 0.25) is 0 Å². The largest absolute Gasteiger partial charge is 0.731 e. The summed E-state index contributed by atoms with van der Waals surface area (Å²) in [5.41, 5.74) is 0. The van der Waals surface area contributed by atoms with Crippen molar-refractivity contribution in [2.75, 3.05) is 6.79 Å². The van der Waals surface area contributed by atoms with Crippen molar-refractivity contribution in [2.45, 2.75) is 0 Å². The second-order valence-corrected chi connectivity index (χ2v) is 2.52. The van der Waals surface area contributed by atoms with Gasteiger partial charge in [0.15, 0.2) is 0 Å². The molecule has 2 atom stereocenters. The molecule has 0 radical (unpaired) electrons. The lowest BCUT2D eigenvalue weighted by Crippen LogP contribution is -1.86. The molecule has 0 heterocycles. The number of hydrogen-bond donors (Lipinski definition) is 2. The molecule has 0 fully saturated rings. The topological polar surface area (TPSA) is 102 Å². The number of rotatable bonds is 5. The number of hydrogen-bond acceptors (Lipinski definition) is 6. The third kappa shape index (κ3) is 6.12. The van der Waals surface area contributed by atoms with Crippen LogP contribution in [0.1, 0.15) is 0 Å². The van der Waals surface area contributed by atoms with E-state index in [1.807, 2.05) is 0 Å². The molecule has 0 spiro atoms. The van der Waals surface area contributed by atoms with E-state index in [2.05, 4.69) is 13.7 Å². The van der Waals surface area contributed by atoms with Crippen molar-refractivity contribution in [2.24, 2.45) is 0 Å². The van der Waals surface area contributed by atoms with Gasteiger partial charge in [-0.3, -0.25) is 0 Å². The molecule has 0 rings (SSSR count). The van der Waals surface area contributed by atoms with Crippen LogP contribution in [-0.4, -0.2) is 16.9 Å². The van der Waals surface area contributed by atoms with E-state index in [1.54, 1.807) is 0 Å². The summed E-state index contributed by atoms with van der Waals surface area (Å²) in [7, 11) is -5.44. The maximum atomic E-state index is 9.99. The zero-order chi connectivity index (χ0) is 7.98. The van der Waals surface area contributed by atoms with E-state index in [-0.39, 0.29) is 0 Å². The Morgan fingerprint density at radius 2 is 1.90 bits per heavy atom. The maximum absolute atomic E-state index is 9.99. The molecule has 0 amide bonds. The Morgan fingerprint density at radius 1 is 1.30 bits per heavy atom. The van der Waals surface area contributed by atoms with Crippen LogP contribution in [0.5, 0.6) is 0 Å². The van der Waals surface area contributed by atoms with Gasteiger partial charge >= 0.3 is 16.5 Å². The lowest BCUT2D eigenvalue weighted by Gasteiger charge is -1.76. The highest BCUT2D eigenvalue weighted by Crippen LogP contribution is 2.23. The fourth-order valence-electron chi connectivity index (χ4n) is 0.135. The van der Waals surface area contributed by atoms with Gasteiger partial charge in [-0.25, -0.2) is 5.26 Å². The Hall–Kier alpha value is -0.0000000000000000416. The fourth-order valence-corrected chi connectivity index (χ4v) is 0.547. The quantitative estimate of drug-likeness (QED) is 0.285. The van der Waals surface area contributed by atoms with E-state index < -0.39 is 23.3 Å². The summed E-state index contributed by atoms with van der Waals surface area (Å²) in [6, 6.07) is 0. The van der Waals surface area contributed by atoms with Gasteiger partial charge in [-0.2, -0.15) is 0 Å². The van der Waals surface area contributed by atoms with Gasteiger partial charge in [0.25, 0.3) is 6.79 Å². The van der Waals surface area contributed by atoms with Gasteiger partial charge in [0.1, 0.15) is 0 Å². The third-order valence-corrected chi connectivity index (χ3v) is 1.16. The molecule has 0 bridgehead atoms. The summed E-state index contributed by atoms with van der Waals surface area (Å²) in [6.07, 6.45) is 0. The van der Waals surface area contributed by atoms with Crippen molar-refractivity contribution < 1.29 is 33.0 Å². The first-order valence-electron chi connectivity index (χ1n) is 1.87. The van der Waals surface area contributed by atoms with E-state index in [9.17, 15) is 9.13 Å². The Morgan fingerprint density at radius 3 is 2.30 bits per heavy atom. The summed E-state index contributed by atoms with van der Waals surface area (Å²) in [5, 5.41) is 7.60. The summed E-state index contributed by atoms with van der Waals surface area (Å²) in [6.45, 7) is -0.679. The van der Waals surface area contributed by atoms with Gasteiger partial charge in [-0.15, -0.1) is 4.89 Å². The van der Waals surface area contributed by atoms with Crippen molar-refractivity contribution in [3.8, 4) is 0 Å². The predicted molar refractivity (Wildman–Crippen MR) is 28.2 cm³/mol. The second-order valence-electron chi connectivity index (χ2n) is 0.919. The van der Waals surface area contributed by atoms with Crippen molar-refractivity contribution in [3.63, 3.8) is 0 Å². The summed E-state index contributed by atoms with van der Waals surface area (Å²) < 4.78 is 30.7. The van der Waals surface area contributed by atoms with E-state index in [1.165, 1.54) is 0 Å². The van der Waals surface area contributed by atoms with Crippen molar-refractivity contribution in [1.82, 2.24) is 0 Å². The van der Waals surface area contributed by atoms with Crippen LogP contribution in [0.25, 0.3) is 0 Å². The molecule has 9 heteroatoms. The standard InChI is InChI=1S/CH2O7P2/c2-8-10(5)7-1-6-9(3)4/h1H2/p+2. The highest BCUT2D eigenvalue weighted by Gasteiger charge is 2.23. The van der Waals surface area contributed by atoms with E-state index in [4.69, 9.17) is 10.2 Å². The highest BCUT2D eigenvalue weighted by molar-refractivity contribution is 7.33. The SMILES string of the molecule is O=[P+](O)OCO[P+](=O)OO. The van der Waals surface area contributed by atoms with E-state index in [0.29, 0.717) is 0 Å². The Kier molecular flexibility index (Phi) is 5.76. The average molecular weight is 190 g/mol.